The number of fused-ring (bicyclic) bond motifs is 1. The summed E-state index contributed by atoms with van der Waals surface area (Å²) in [6.07, 6.45) is 22.1. The molecule has 6 nitrogen and oxygen atoms in total. The van der Waals surface area contributed by atoms with Crippen LogP contribution in [-0.2, 0) is 14.3 Å². The zero-order valence-electron chi connectivity index (χ0n) is 26.9. The molecule has 0 spiro atoms. The maximum Gasteiger partial charge on any atom is 0.343 e. The molecule has 0 aromatic rings. The van der Waals surface area contributed by atoms with Crippen molar-refractivity contribution in [3.63, 3.8) is 0 Å². The molecule has 2 aliphatic carbocycles. The molecule has 2 saturated carbocycles. The van der Waals surface area contributed by atoms with E-state index in [0.717, 1.165) is 16.7 Å². The third-order valence-corrected chi connectivity index (χ3v) is 9.21. The average molecular weight is 589 g/mol. The van der Waals surface area contributed by atoms with E-state index in [-0.39, 0.29) is 22.9 Å². The number of aliphatic hydroxyl groups excluding tert-OH is 2. The molecule has 43 heavy (non-hydrogen) atoms. The van der Waals surface area contributed by atoms with Gasteiger partial charge in [-0.05, 0) is 87.5 Å². The lowest BCUT2D eigenvalue weighted by Crippen LogP contribution is -2.46. The van der Waals surface area contributed by atoms with E-state index >= 15 is 0 Å². The van der Waals surface area contributed by atoms with Gasteiger partial charge in [-0.2, -0.15) is 0 Å². The molecule has 4 rings (SSSR count). The normalized spacial score (nSPS) is 36.7. The van der Waals surface area contributed by atoms with Gasteiger partial charge >= 0.3 is 5.97 Å². The molecule has 0 aromatic heterocycles. The van der Waals surface area contributed by atoms with Gasteiger partial charge in [-0.3, -0.25) is 0 Å². The molecule has 0 radical (unpaired) electrons. The first kappa shape index (κ1) is 32.9. The molecule has 0 aromatic carbocycles. The van der Waals surface area contributed by atoms with E-state index in [1.54, 1.807) is 19.1 Å². The molecule has 0 amide bonds. The van der Waals surface area contributed by atoms with Gasteiger partial charge in [0.25, 0.3) is 0 Å². The highest BCUT2D eigenvalue weighted by Crippen LogP contribution is 2.66. The number of carbonyl (C=O) groups excluding carboxylic acids is 1. The summed E-state index contributed by atoms with van der Waals surface area (Å²) in [5, 5.41) is 31.2. The number of allylic oxidation sites excluding steroid dienone is 10. The highest BCUT2D eigenvalue weighted by molar-refractivity contribution is 5.95. The van der Waals surface area contributed by atoms with E-state index in [9.17, 15) is 20.1 Å². The van der Waals surface area contributed by atoms with Crippen LogP contribution in [0, 0.1) is 10.8 Å². The molecule has 2 heterocycles. The molecule has 3 N–H and O–H groups in total. The Hall–Kier alpha value is -2.99. The van der Waals surface area contributed by atoms with Crippen LogP contribution in [0.4, 0.5) is 0 Å². The molecule has 5 unspecified atom stereocenters. The molecule has 4 aliphatic rings. The Bertz CT molecular complexity index is 1400. The molecular weight excluding hydrogens is 540 g/mol. The Morgan fingerprint density at radius 2 is 1.53 bits per heavy atom. The van der Waals surface area contributed by atoms with E-state index in [1.165, 1.54) is 0 Å². The number of hydrogen-bond donors (Lipinski definition) is 3. The monoisotopic (exact) mass is 588 g/mol. The first-order chi connectivity index (χ1) is 19.9. The van der Waals surface area contributed by atoms with Crippen LogP contribution < -0.4 is 0 Å². The highest BCUT2D eigenvalue weighted by atomic mass is 16.6. The van der Waals surface area contributed by atoms with E-state index < -0.39 is 22.9 Å². The minimum absolute atomic E-state index is 0.250. The van der Waals surface area contributed by atoms with Crippen molar-refractivity contribution in [3.05, 3.63) is 101 Å². The fourth-order valence-electron chi connectivity index (χ4n) is 7.33. The maximum atomic E-state index is 12.5. The second kappa shape index (κ2) is 11.8. The minimum atomic E-state index is -1.08. The molecular formula is C37H48O6. The number of cyclic esters (lactones) is 1. The predicted molar refractivity (Wildman–Crippen MR) is 170 cm³/mol. The van der Waals surface area contributed by atoms with Crippen LogP contribution in [-0.4, -0.2) is 50.3 Å². The minimum Gasteiger partial charge on any atom is -0.423 e. The van der Waals surface area contributed by atoms with Gasteiger partial charge in [0, 0.05) is 23.8 Å². The Morgan fingerprint density at radius 1 is 0.907 bits per heavy atom. The lowest BCUT2D eigenvalue weighted by molar-refractivity contribution is -0.132. The van der Waals surface area contributed by atoms with Crippen LogP contribution >= 0.6 is 0 Å². The number of rotatable bonds is 7. The van der Waals surface area contributed by atoms with Gasteiger partial charge in [0.15, 0.2) is 0 Å². The molecule has 5 atom stereocenters. The first-order valence-electron chi connectivity index (χ1n) is 15.2. The van der Waals surface area contributed by atoms with Crippen LogP contribution in [0.15, 0.2) is 101 Å². The van der Waals surface area contributed by atoms with Crippen molar-refractivity contribution in [2.75, 3.05) is 0 Å². The van der Waals surface area contributed by atoms with Crippen LogP contribution in [0.5, 0.6) is 0 Å². The van der Waals surface area contributed by atoms with Crippen molar-refractivity contribution in [3.8, 4) is 0 Å². The summed E-state index contributed by atoms with van der Waals surface area (Å²) in [7, 11) is 0. The zero-order valence-corrected chi connectivity index (χ0v) is 26.9. The van der Waals surface area contributed by atoms with Crippen LogP contribution in [0.2, 0.25) is 0 Å². The number of epoxide rings is 1. The molecule has 2 aliphatic heterocycles. The Balaban J connectivity index is 1.36. The number of ether oxygens (including phenoxy) is 2. The summed E-state index contributed by atoms with van der Waals surface area (Å²) in [5.74, 6) is 0.105. The van der Waals surface area contributed by atoms with E-state index in [0.29, 0.717) is 37.0 Å². The second-order valence-electron chi connectivity index (χ2n) is 14.4. The molecule has 1 saturated heterocycles. The Labute approximate surface area is 256 Å². The van der Waals surface area contributed by atoms with E-state index in [4.69, 9.17) is 9.47 Å². The van der Waals surface area contributed by atoms with Crippen molar-refractivity contribution in [1.29, 1.82) is 0 Å². The fraction of sp³-hybridized carbons (Fsp3) is 0.514. The van der Waals surface area contributed by atoms with Crippen LogP contribution in [0.1, 0.15) is 81.1 Å². The number of carbonyl (C=O) groups is 1. The highest BCUT2D eigenvalue weighted by Gasteiger charge is 2.74. The van der Waals surface area contributed by atoms with Gasteiger partial charge in [0.2, 0.25) is 0 Å². The Kier molecular flexibility index (Phi) is 9.06. The Morgan fingerprint density at radius 3 is 2.16 bits per heavy atom. The van der Waals surface area contributed by atoms with Gasteiger partial charge in [0.05, 0.1) is 23.4 Å². The topological polar surface area (TPSA) is 99.5 Å². The first-order valence-corrected chi connectivity index (χ1v) is 15.2. The van der Waals surface area contributed by atoms with Gasteiger partial charge in [-0.25, -0.2) is 4.79 Å². The average Bonchev–Trinajstić information content (AvgIpc) is 3.32. The molecule has 0 bridgehead atoms. The summed E-state index contributed by atoms with van der Waals surface area (Å²) < 4.78 is 11.6. The number of aliphatic hydroxyl groups is 3. The smallest absolute Gasteiger partial charge is 0.343 e. The van der Waals surface area contributed by atoms with Gasteiger partial charge < -0.3 is 24.8 Å². The summed E-state index contributed by atoms with van der Waals surface area (Å²) in [5.41, 5.74) is 3.94. The standard InChI is InChI=1S/C37H48O6/c1-25(15-16-31-33(3,4)21-28(38)23-35(31,7)41)13-11-9-10-12-14-26(2)19-30-20-27(32(40)42-30)17-18-37-34(5,6)22-29(39)24-36(37,8)43-37/h9-15,17-20,28-29,38-39,41H,21-24H2,1-8H3. The van der Waals surface area contributed by atoms with Crippen molar-refractivity contribution in [2.24, 2.45) is 10.8 Å². The third kappa shape index (κ3) is 7.06. The lowest BCUT2D eigenvalue weighted by atomic mass is 9.63. The van der Waals surface area contributed by atoms with Crippen LogP contribution in [0.25, 0.3) is 0 Å². The van der Waals surface area contributed by atoms with Crippen molar-refractivity contribution in [1.82, 2.24) is 0 Å². The van der Waals surface area contributed by atoms with Crippen molar-refractivity contribution < 1.29 is 29.6 Å². The maximum absolute atomic E-state index is 12.5. The second-order valence-corrected chi connectivity index (χ2v) is 14.4. The SMILES string of the molecule is CC(C=C=C1C(C)(C)CC(O)CC1(C)O)=CC=CC=CC=C(C)C=C1C=C(C=CC23OC2(C)CC(O)CC3(C)C)C(=O)O1. The summed E-state index contributed by atoms with van der Waals surface area (Å²) >= 11 is 0. The number of esters is 1. The predicted octanol–water partition coefficient (Wildman–Crippen LogP) is 6.64. The molecule has 232 valence electrons. The van der Waals surface area contributed by atoms with Gasteiger partial charge in [0.1, 0.15) is 17.0 Å². The number of hydrogen-bond acceptors (Lipinski definition) is 6. The molecule has 3 fully saturated rings. The van der Waals surface area contributed by atoms with E-state index in [1.807, 2.05) is 89.3 Å². The summed E-state index contributed by atoms with van der Waals surface area (Å²) in [6.45, 7) is 15.9. The quantitative estimate of drug-likeness (QED) is 0.134. The summed E-state index contributed by atoms with van der Waals surface area (Å²) in [6, 6.07) is 0. The van der Waals surface area contributed by atoms with Gasteiger partial charge in [-0.15, -0.1) is 5.73 Å². The van der Waals surface area contributed by atoms with Gasteiger partial charge in [-0.1, -0.05) is 64.2 Å². The van der Waals surface area contributed by atoms with Crippen LogP contribution in [0.3, 0.4) is 0 Å². The van der Waals surface area contributed by atoms with Crippen molar-refractivity contribution >= 4 is 5.97 Å². The summed E-state index contributed by atoms with van der Waals surface area (Å²) in [4.78, 5) is 12.5. The fourth-order valence-corrected chi connectivity index (χ4v) is 7.33. The van der Waals surface area contributed by atoms with E-state index in [2.05, 4.69) is 19.6 Å². The largest absolute Gasteiger partial charge is 0.423 e. The molecule has 6 heteroatoms. The lowest BCUT2D eigenvalue weighted by Gasteiger charge is -2.43. The zero-order chi connectivity index (χ0) is 31.8. The third-order valence-electron chi connectivity index (χ3n) is 9.21. The van der Waals surface area contributed by atoms with Crippen molar-refractivity contribution in [2.45, 2.75) is 110 Å².